The largest absolute Gasteiger partial charge is 0.509 e. The molecule has 4 rings (SSSR count). The Morgan fingerprint density at radius 2 is 1.57 bits per heavy atom. The molecule has 0 N–H and O–H groups in total. The molecule has 2 aliphatic carbocycles. The van der Waals surface area contributed by atoms with E-state index in [1.807, 2.05) is 20.8 Å². The Morgan fingerprint density at radius 1 is 1.00 bits per heavy atom. The number of carbonyl (C=O) groups excluding carboxylic acids is 2. The van der Waals surface area contributed by atoms with Gasteiger partial charge in [0.2, 0.25) is 8.32 Å². The third-order valence-corrected chi connectivity index (χ3v) is 16.3. The quantitative estimate of drug-likeness (QED) is 0.165. The molecular formula is C29H48O7Si. The molecule has 7 nitrogen and oxygen atoms in total. The highest BCUT2D eigenvalue weighted by Crippen LogP contribution is 2.62. The Morgan fingerprint density at radius 3 is 2.08 bits per heavy atom. The number of aldehydes is 1. The zero-order valence-electron chi connectivity index (χ0n) is 24.8. The van der Waals surface area contributed by atoms with Crippen molar-refractivity contribution in [2.24, 2.45) is 17.3 Å². The maximum Gasteiger partial charge on any atom is 0.509 e. The van der Waals surface area contributed by atoms with E-state index in [0.29, 0.717) is 23.0 Å². The monoisotopic (exact) mass is 536 g/mol. The average molecular weight is 537 g/mol. The van der Waals surface area contributed by atoms with Crippen molar-refractivity contribution in [3.8, 4) is 0 Å². The van der Waals surface area contributed by atoms with Crippen molar-refractivity contribution in [1.82, 2.24) is 0 Å². The van der Waals surface area contributed by atoms with Crippen LogP contribution in [0.1, 0.15) is 89.5 Å². The van der Waals surface area contributed by atoms with E-state index in [9.17, 15) is 9.59 Å². The molecule has 0 aromatic heterocycles. The standard InChI is InChI=1S/C29H48O7Si/c1-15(2)37(16(3)4,17(5)6)36-21-13-29-25(32-26(31)35-29)20(14-30)18(7)23-24(34-28(11,12)33-23)22(19(21)8)27(29,9)10/h14-18,20-21,23-25H,13H2,1-12H3/t18-,20+,21-,23-,24-,25-,29+/m0/s1. The molecule has 2 bridgehead atoms. The van der Waals surface area contributed by atoms with E-state index in [-0.39, 0.29) is 24.2 Å². The van der Waals surface area contributed by atoms with E-state index in [1.54, 1.807) is 0 Å². The topological polar surface area (TPSA) is 80.3 Å². The third kappa shape index (κ3) is 3.99. The molecule has 2 aliphatic heterocycles. The van der Waals surface area contributed by atoms with Gasteiger partial charge in [-0.25, -0.2) is 4.79 Å². The summed E-state index contributed by atoms with van der Waals surface area (Å²) in [5.74, 6) is -1.65. The highest BCUT2D eigenvalue weighted by atomic mass is 28.4. The lowest BCUT2D eigenvalue weighted by atomic mass is 9.53. The highest BCUT2D eigenvalue weighted by molar-refractivity contribution is 6.77. The van der Waals surface area contributed by atoms with Crippen molar-refractivity contribution in [3.05, 3.63) is 11.1 Å². The van der Waals surface area contributed by atoms with Gasteiger partial charge in [0.15, 0.2) is 17.5 Å². The van der Waals surface area contributed by atoms with Crippen molar-refractivity contribution in [2.45, 2.75) is 142 Å². The molecule has 2 heterocycles. The van der Waals surface area contributed by atoms with E-state index >= 15 is 0 Å². The second kappa shape index (κ2) is 9.17. The van der Waals surface area contributed by atoms with Crippen LogP contribution in [-0.4, -0.2) is 56.6 Å². The Bertz CT molecular complexity index is 946. The summed E-state index contributed by atoms with van der Waals surface area (Å²) in [6.07, 6.45) is -1.13. The van der Waals surface area contributed by atoms with Gasteiger partial charge < -0.3 is 28.2 Å². The van der Waals surface area contributed by atoms with Gasteiger partial charge in [0.05, 0.1) is 18.1 Å². The van der Waals surface area contributed by atoms with Gasteiger partial charge in [-0.1, -0.05) is 62.3 Å². The minimum Gasteiger partial charge on any atom is -0.426 e. The van der Waals surface area contributed by atoms with Crippen LogP contribution in [0.2, 0.25) is 16.6 Å². The minimum absolute atomic E-state index is 0.241. The van der Waals surface area contributed by atoms with Gasteiger partial charge in [-0.2, -0.15) is 0 Å². The lowest BCUT2D eigenvalue weighted by Crippen LogP contribution is -2.66. The fourth-order valence-corrected chi connectivity index (χ4v) is 14.1. The van der Waals surface area contributed by atoms with Crippen LogP contribution in [0, 0.1) is 17.3 Å². The fourth-order valence-electron chi connectivity index (χ4n) is 8.49. The lowest BCUT2D eigenvalue weighted by Gasteiger charge is -2.57. The van der Waals surface area contributed by atoms with E-state index < -0.39 is 43.3 Å². The molecule has 0 amide bonds. The molecule has 3 fully saturated rings. The number of ether oxygens (including phenoxy) is 4. The SMILES string of the molecule is CC1=C2[C@@H]3OC(C)(C)O[C@H]3[C@@H](C)[C@@H](C=O)[C@@H]3OC(=O)O[C@@]3(C[C@@H]1O[Si](C(C)C)(C(C)C)C(C)C)C2(C)C. The third-order valence-electron chi connectivity index (χ3n) is 10.2. The first kappa shape index (κ1) is 28.8. The molecule has 1 saturated carbocycles. The summed E-state index contributed by atoms with van der Waals surface area (Å²) in [6.45, 7) is 25.8. The van der Waals surface area contributed by atoms with Crippen LogP contribution >= 0.6 is 0 Å². The maximum atomic E-state index is 12.9. The normalized spacial score (nSPS) is 38.7. The Balaban J connectivity index is 1.98. The smallest absolute Gasteiger partial charge is 0.426 e. The molecule has 8 heteroatoms. The van der Waals surface area contributed by atoms with Gasteiger partial charge in [0, 0.05) is 11.8 Å². The Labute approximate surface area is 224 Å². The first-order valence-corrected chi connectivity index (χ1v) is 16.2. The molecule has 4 aliphatic rings. The summed E-state index contributed by atoms with van der Waals surface area (Å²) < 4.78 is 32.6. The first-order valence-electron chi connectivity index (χ1n) is 14.1. The van der Waals surface area contributed by atoms with E-state index in [1.165, 1.54) is 0 Å². The van der Waals surface area contributed by atoms with Crippen LogP contribution in [0.5, 0.6) is 0 Å². The molecule has 0 aromatic rings. The molecule has 210 valence electrons. The van der Waals surface area contributed by atoms with Gasteiger partial charge in [0.25, 0.3) is 0 Å². The molecule has 0 radical (unpaired) electrons. The fraction of sp³-hybridized carbons (Fsp3) is 0.862. The predicted octanol–water partition coefficient (Wildman–Crippen LogP) is 6.55. The summed E-state index contributed by atoms with van der Waals surface area (Å²) in [5.41, 5.74) is 1.63. The highest BCUT2D eigenvalue weighted by Gasteiger charge is 2.71. The molecule has 2 saturated heterocycles. The van der Waals surface area contributed by atoms with Gasteiger partial charge in [0.1, 0.15) is 12.4 Å². The maximum absolute atomic E-state index is 12.9. The van der Waals surface area contributed by atoms with Crippen LogP contribution in [0.15, 0.2) is 11.1 Å². The summed E-state index contributed by atoms with van der Waals surface area (Å²) in [5, 5.41) is 0. The van der Waals surface area contributed by atoms with Crippen molar-refractivity contribution < 1.29 is 33.0 Å². The predicted molar refractivity (Wildman–Crippen MR) is 144 cm³/mol. The van der Waals surface area contributed by atoms with Crippen LogP contribution in [-0.2, 0) is 28.2 Å². The summed E-state index contributed by atoms with van der Waals surface area (Å²) >= 11 is 0. The minimum atomic E-state index is -2.30. The van der Waals surface area contributed by atoms with E-state index in [0.717, 1.165) is 17.4 Å². The summed E-state index contributed by atoms with van der Waals surface area (Å²) in [4.78, 5) is 25.5. The molecule has 0 unspecified atom stereocenters. The zero-order chi connectivity index (χ0) is 27.9. The van der Waals surface area contributed by atoms with Crippen LogP contribution in [0.3, 0.4) is 0 Å². The number of fused-ring (bicyclic) bond motifs is 3. The van der Waals surface area contributed by atoms with Crippen molar-refractivity contribution >= 4 is 20.8 Å². The number of hydrogen-bond donors (Lipinski definition) is 0. The van der Waals surface area contributed by atoms with Gasteiger partial charge in [-0.3, -0.25) is 0 Å². The lowest BCUT2D eigenvalue weighted by molar-refractivity contribution is -0.153. The molecule has 0 aromatic carbocycles. The zero-order valence-corrected chi connectivity index (χ0v) is 25.8. The first-order chi connectivity index (χ1) is 17.0. The molecule has 37 heavy (non-hydrogen) atoms. The van der Waals surface area contributed by atoms with Crippen LogP contribution in [0.25, 0.3) is 0 Å². The average Bonchev–Trinajstić information content (AvgIpc) is 3.25. The number of rotatable bonds is 6. The summed E-state index contributed by atoms with van der Waals surface area (Å²) in [7, 11) is -2.30. The summed E-state index contributed by atoms with van der Waals surface area (Å²) in [6, 6.07) is 0. The van der Waals surface area contributed by atoms with Gasteiger partial charge in [-0.05, 0) is 54.5 Å². The van der Waals surface area contributed by atoms with Crippen molar-refractivity contribution in [3.63, 3.8) is 0 Å². The molecular weight excluding hydrogens is 488 g/mol. The van der Waals surface area contributed by atoms with Gasteiger partial charge >= 0.3 is 6.16 Å². The second-order valence-electron chi connectivity index (χ2n) is 13.7. The Hall–Kier alpha value is -1.22. The number of hydrogen-bond acceptors (Lipinski definition) is 7. The van der Waals surface area contributed by atoms with Crippen molar-refractivity contribution in [2.75, 3.05) is 0 Å². The van der Waals surface area contributed by atoms with Crippen LogP contribution < -0.4 is 0 Å². The second-order valence-corrected chi connectivity index (χ2v) is 19.1. The van der Waals surface area contributed by atoms with E-state index in [2.05, 4.69) is 62.3 Å². The molecule has 7 atom stereocenters. The Kier molecular flexibility index (Phi) is 7.13. The van der Waals surface area contributed by atoms with Crippen LogP contribution in [0.4, 0.5) is 4.79 Å². The van der Waals surface area contributed by atoms with E-state index in [4.69, 9.17) is 23.4 Å². The van der Waals surface area contributed by atoms with Crippen molar-refractivity contribution in [1.29, 1.82) is 0 Å². The number of carbonyl (C=O) groups is 2. The molecule has 1 spiro atoms. The van der Waals surface area contributed by atoms with Gasteiger partial charge in [-0.15, -0.1) is 0 Å².